The molecule has 1 saturated carbocycles. The van der Waals surface area contributed by atoms with Crippen LogP contribution in [0, 0.1) is 17.8 Å². The van der Waals surface area contributed by atoms with Crippen LogP contribution in [-0.2, 0) is 9.53 Å². The molecule has 0 amide bonds. The molecule has 0 aliphatic heterocycles. The molecule has 1 aliphatic carbocycles. The first-order valence-electron chi connectivity index (χ1n) is 7.24. The fraction of sp³-hybridized carbons (Fsp3) is 0.933. The third-order valence-corrected chi connectivity index (χ3v) is 4.25. The molecule has 18 heavy (non-hydrogen) atoms. The largest absolute Gasteiger partial charge is 0.468 e. The Morgan fingerprint density at radius 1 is 1.28 bits per heavy atom. The molecule has 3 nitrogen and oxygen atoms in total. The second-order valence-corrected chi connectivity index (χ2v) is 6.43. The summed E-state index contributed by atoms with van der Waals surface area (Å²) in [6.07, 6.45) is 4.07. The number of carbonyl (C=O) groups excluding carboxylic acids is 1. The lowest BCUT2D eigenvalue weighted by molar-refractivity contribution is -0.151. The molecule has 1 N–H and O–H groups in total. The molecule has 0 bridgehead atoms. The zero-order chi connectivity index (χ0) is 13.8. The first kappa shape index (κ1) is 15.5. The smallest absolute Gasteiger partial charge is 0.326 e. The van der Waals surface area contributed by atoms with Crippen molar-refractivity contribution in [1.82, 2.24) is 5.32 Å². The van der Waals surface area contributed by atoms with Crippen molar-refractivity contribution in [2.45, 2.75) is 58.9 Å². The fourth-order valence-corrected chi connectivity index (χ4v) is 2.85. The molecule has 0 aromatic rings. The Hall–Kier alpha value is -0.570. The van der Waals surface area contributed by atoms with Gasteiger partial charge in [0.1, 0.15) is 5.54 Å². The lowest BCUT2D eigenvalue weighted by Gasteiger charge is -2.40. The van der Waals surface area contributed by atoms with Crippen LogP contribution in [0.2, 0.25) is 0 Å². The van der Waals surface area contributed by atoms with E-state index in [0.29, 0.717) is 11.8 Å². The normalized spacial score (nSPS) is 28.7. The number of nitrogens with one attached hydrogen (secondary N) is 1. The predicted octanol–water partition coefficient (Wildman–Crippen LogP) is 2.99. The number of ether oxygens (including phenoxy) is 1. The van der Waals surface area contributed by atoms with Crippen LogP contribution in [0.15, 0.2) is 0 Å². The fourth-order valence-electron chi connectivity index (χ4n) is 2.85. The summed E-state index contributed by atoms with van der Waals surface area (Å²) in [4.78, 5) is 12.1. The topological polar surface area (TPSA) is 38.3 Å². The lowest BCUT2D eigenvalue weighted by Crippen LogP contribution is -2.55. The number of hydrogen-bond acceptors (Lipinski definition) is 3. The average molecular weight is 255 g/mol. The van der Waals surface area contributed by atoms with E-state index < -0.39 is 5.54 Å². The Morgan fingerprint density at radius 2 is 1.83 bits per heavy atom. The van der Waals surface area contributed by atoms with Crippen LogP contribution in [0.25, 0.3) is 0 Å². The molecule has 0 radical (unpaired) electrons. The summed E-state index contributed by atoms with van der Waals surface area (Å²) in [7, 11) is 1.50. The molecular weight excluding hydrogens is 226 g/mol. The molecule has 1 fully saturated rings. The van der Waals surface area contributed by atoms with Crippen LogP contribution in [0.3, 0.4) is 0 Å². The zero-order valence-electron chi connectivity index (χ0n) is 12.6. The van der Waals surface area contributed by atoms with Gasteiger partial charge in [0.2, 0.25) is 0 Å². The maximum atomic E-state index is 12.1. The van der Waals surface area contributed by atoms with E-state index >= 15 is 0 Å². The van der Waals surface area contributed by atoms with Gasteiger partial charge >= 0.3 is 5.97 Å². The standard InChI is InChI=1S/C15H29NO2/c1-11(2)10-16-15(14(17)18-5)8-6-13(7-9-15)12(3)4/h11-13,16H,6-10H2,1-5H3. The highest BCUT2D eigenvalue weighted by molar-refractivity contribution is 5.80. The third-order valence-electron chi connectivity index (χ3n) is 4.25. The molecule has 0 spiro atoms. The van der Waals surface area contributed by atoms with E-state index in [1.54, 1.807) is 0 Å². The van der Waals surface area contributed by atoms with Gasteiger partial charge in [0.05, 0.1) is 7.11 Å². The van der Waals surface area contributed by atoms with Gasteiger partial charge in [0.15, 0.2) is 0 Å². The number of carbonyl (C=O) groups is 1. The molecule has 3 heteroatoms. The van der Waals surface area contributed by atoms with Crippen molar-refractivity contribution in [3.63, 3.8) is 0 Å². The van der Waals surface area contributed by atoms with Gasteiger partial charge in [-0.05, 0) is 50.0 Å². The van der Waals surface area contributed by atoms with E-state index in [1.807, 2.05) is 0 Å². The Morgan fingerprint density at radius 3 is 2.22 bits per heavy atom. The minimum absolute atomic E-state index is 0.0784. The van der Waals surface area contributed by atoms with E-state index in [1.165, 1.54) is 7.11 Å². The Kier molecular flexibility index (Phi) is 5.64. The van der Waals surface area contributed by atoms with Crippen LogP contribution in [0.5, 0.6) is 0 Å². The predicted molar refractivity (Wildman–Crippen MR) is 74.4 cm³/mol. The monoisotopic (exact) mass is 255 g/mol. The molecule has 0 saturated heterocycles. The molecule has 0 aromatic carbocycles. The number of methoxy groups -OCH3 is 1. The Balaban J connectivity index is 2.67. The Labute approximate surface area is 112 Å². The average Bonchev–Trinajstić information content (AvgIpc) is 2.35. The summed E-state index contributed by atoms with van der Waals surface area (Å²) in [6, 6.07) is 0. The minimum atomic E-state index is -0.426. The summed E-state index contributed by atoms with van der Waals surface area (Å²) < 4.78 is 5.02. The van der Waals surface area contributed by atoms with Crippen molar-refractivity contribution in [2.24, 2.45) is 17.8 Å². The Bertz CT molecular complexity index is 266. The second-order valence-electron chi connectivity index (χ2n) is 6.43. The maximum Gasteiger partial charge on any atom is 0.326 e. The second kappa shape index (κ2) is 6.55. The van der Waals surface area contributed by atoms with Crippen molar-refractivity contribution in [1.29, 1.82) is 0 Å². The van der Waals surface area contributed by atoms with Crippen LogP contribution >= 0.6 is 0 Å². The maximum absolute atomic E-state index is 12.1. The van der Waals surface area contributed by atoms with Gasteiger partial charge in [-0.25, -0.2) is 0 Å². The molecule has 0 aromatic heterocycles. The highest BCUT2D eigenvalue weighted by Crippen LogP contribution is 2.36. The van der Waals surface area contributed by atoms with Crippen molar-refractivity contribution in [3.8, 4) is 0 Å². The number of hydrogen-bond donors (Lipinski definition) is 1. The van der Waals surface area contributed by atoms with Gasteiger partial charge in [0, 0.05) is 0 Å². The highest BCUT2D eigenvalue weighted by Gasteiger charge is 2.42. The van der Waals surface area contributed by atoms with Crippen molar-refractivity contribution in [2.75, 3.05) is 13.7 Å². The number of rotatable bonds is 5. The van der Waals surface area contributed by atoms with E-state index in [-0.39, 0.29) is 5.97 Å². The van der Waals surface area contributed by atoms with E-state index in [2.05, 4.69) is 33.0 Å². The molecule has 0 heterocycles. The molecule has 1 aliphatic rings. The first-order chi connectivity index (χ1) is 8.41. The van der Waals surface area contributed by atoms with E-state index in [9.17, 15) is 4.79 Å². The molecule has 0 atom stereocenters. The van der Waals surface area contributed by atoms with Gasteiger partial charge in [-0.1, -0.05) is 27.7 Å². The zero-order valence-corrected chi connectivity index (χ0v) is 12.6. The van der Waals surface area contributed by atoms with Crippen molar-refractivity contribution in [3.05, 3.63) is 0 Å². The van der Waals surface area contributed by atoms with E-state index in [4.69, 9.17) is 4.74 Å². The van der Waals surface area contributed by atoms with Gasteiger partial charge in [0.25, 0.3) is 0 Å². The van der Waals surface area contributed by atoms with Gasteiger partial charge < -0.3 is 10.1 Å². The number of esters is 1. The highest BCUT2D eigenvalue weighted by atomic mass is 16.5. The van der Waals surface area contributed by atoms with Crippen LogP contribution in [0.1, 0.15) is 53.4 Å². The van der Waals surface area contributed by atoms with Crippen LogP contribution < -0.4 is 5.32 Å². The van der Waals surface area contributed by atoms with Gasteiger partial charge in [-0.3, -0.25) is 4.79 Å². The summed E-state index contributed by atoms with van der Waals surface area (Å²) in [5.41, 5.74) is -0.426. The molecule has 1 rings (SSSR count). The molecule has 106 valence electrons. The van der Waals surface area contributed by atoms with E-state index in [0.717, 1.165) is 38.1 Å². The molecule has 0 unspecified atom stereocenters. The quantitative estimate of drug-likeness (QED) is 0.768. The van der Waals surface area contributed by atoms with Gasteiger partial charge in [-0.2, -0.15) is 0 Å². The van der Waals surface area contributed by atoms with Crippen molar-refractivity contribution < 1.29 is 9.53 Å². The summed E-state index contributed by atoms with van der Waals surface area (Å²) in [5, 5.41) is 3.47. The summed E-state index contributed by atoms with van der Waals surface area (Å²) >= 11 is 0. The van der Waals surface area contributed by atoms with Crippen LogP contribution in [0.4, 0.5) is 0 Å². The molecular formula is C15H29NO2. The van der Waals surface area contributed by atoms with Gasteiger partial charge in [-0.15, -0.1) is 0 Å². The van der Waals surface area contributed by atoms with Crippen LogP contribution in [-0.4, -0.2) is 25.2 Å². The van der Waals surface area contributed by atoms with Crippen molar-refractivity contribution >= 4 is 5.97 Å². The lowest BCUT2D eigenvalue weighted by atomic mass is 9.72. The minimum Gasteiger partial charge on any atom is -0.468 e. The third kappa shape index (κ3) is 3.71. The first-order valence-corrected chi connectivity index (χ1v) is 7.24. The summed E-state index contributed by atoms with van der Waals surface area (Å²) in [5.74, 6) is 1.94. The summed E-state index contributed by atoms with van der Waals surface area (Å²) in [6.45, 7) is 9.76. The SMILES string of the molecule is COC(=O)C1(NCC(C)C)CCC(C(C)C)CC1.